The third-order valence-electron chi connectivity index (χ3n) is 1.89. The Kier molecular flexibility index (Phi) is 4.02. The Morgan fingerprint density at radius 2 is 1.88 bits per heavy atom. The summed E-state index contributed by atoms with van der Waals surface area (Å²) in [4.78, 5) is 39.2. The molecule has 16 heavy (non-hydrogen) atoms. The topological polar surface area (TPSA) is 128 Å². The molecular weight excluding hydrogens is 256 g/mol. The van der Waals surface area contributed by atoms with Gasteiger partial charge in [-0.25, -0.2) is 0 Å². The smallest absolute Gasteiger partial charge is 0.324 e. The summed E-state index contributed by atoms with van der Waals surface area (Å²) in [6.07, 6.45) is 1.68. The molecule has 1 atom stereocenters. The lowest BCUT2D eigenvalue weighted by Gasteiger charge is -2.18. The fourth-order valence-electron chi connectivity index (χ4n) is 1.20. The summed E-state index contributed by atoms with van der Waals surface area (Å²) >= 11 is 0. The second-order valence-corrected chi connectivity index (χ2v) is 6.73. The number of hydrogen-bond acceptors (Lipinski definition) is 3. The van der Waals surface area contributed by atoms with Crippen LogP contribution >= 0.6 is 15.2 Å². The lowest BCUT2D eigenvalue weighted by Crippen LogP contribution is -2.06. The van der Waals surface area contributed by atoms with Crippen molar-refractivity contribution in [3.8, 4) is 0 Å². The Labute approximate surface area is 91.5 Å². The molecule has 0 amide bonds. The van der Waals surface area contributed by atoms with Crippen molar-refractivity contribution in [3.05, 3.63) is 30.1 Å². The molecular formula is C7H11NO6P2. The highest BCUT2D eigenvalue weighted by Crippen LogP contribution is 2.57. The van der Waals surface area contributed by atoms with Crippen molar-refractivity contribution in [2.24, 2.45) is 0 Å². The average Bonchev–Trinajstić information content (AvgIpc) is 2.13. The zero-order valence-corrected chi connectivity index (χ0v) is 9.83. The Morgan fingerprint density at radius 1 is 1.25 bits per heavy atom. The van der Waals surface area contributed by atoms with Gasteiger partial charge in [-0.1, -0.05) is 6.07 Å². The zero-order chi connectivity index (χ0) is 12.4. The molecule has 4 N–H and O–H groups in total. The van der Waals surface area contributed by atoms with Crippen LogP contribution in [0.5, 0.6) is 0 Å². The summed E-state index contributed by atoms with van der Waals surface area (Å²) < 4.78 is 21.9. The highest BCUT2D eigenvalue weighted by Gasteiger charge is 2.36. The summed E-state index contributed by atoms with van der Waals surface area (Å²) in [5, 5.41) is 0. The van der Waals surface area contributed by atoms with Gasteiger partial charge in [0.1, 0.15) is 0 Å². The molecule has 1 heterocycles. The molecule has 0 saturated heterocycles. The molecule has 1 rings (SSSR count). The summed E-state index contributed by atoms with van der Waals surface area (Å²) in [6.45, 7) is 0. The molecule has 0 aliphatic carbocycles. The van der Waals surface area contributed by atoms with Gasteiger partial charge in [-0.15, -0.1) is 0 Å². The molecule has 1 unspecified atom stereocenters. The number of aromatic nitrogens is 1. The monoisotopic (exact) mass is 267 g/mol. The highest BCUT2D eigenvalue weighted by atomic mass is 31.2. The Hall–Kier alpha value is -0.550. The van der Waals surface area contributed by atoms with Crippen molar-refractivity contribution in [2.75, 3.05) is 6.16 Å². The van der Waals surface area contributed by atoms with Crippen LogP contribution < -0.4 is 0 Å². The first kappa shape index (κ1) is 13.5. The first-order valence-electron chi connectivity index (χ1n) is 4.20. The summed E-state index contributed by atoms with van der Waals surface area (Å²) in [7, 11) is -9.13. The van der Waals surface area contributed by atoms with Gasteiger partial charge in [-0.2, -0.15) is 0 Å². The van der Waals surface area contributed by atoms with Crippen molar-refractivity contribution < 1.29 is 28.7 Å². The fourth-order valence-corrected chi connectivity index (χ4v) is 3.90. The van der Waals surface area contributed by atoms with Crippen LogP contribution in [0.25, 0.3) is 0 Å². The van der Waals surface area contributed by atoms with Gasteiger partial charge in [0.05, 0.1) is 11.8 Å². The first-order chi connectivity index (χ1) is 7.20. The van der Waals surface area contributed by atoms with E-state index in [1.807, 2.05) is 0 Å². The number of nitrogens with zero attached hydrogens (tertiary/aromatic N) is 1. The van der Waals surface area contributed by atoms with E-state index < -0.39 is 27.0 Å². The van der Waals surface area contributed by atoms with E-state index in [1.54, 1.807) is 0 Å². The standard InChI is InChI=1S/C7H11NO6P2/c9-15(10,11)5-7(16(12,13)14)6-2-1-3-8-4-6/h1-4,7H,5H2,(H2,9,10,11)(H2,12,13,14). The highest BCUT2D eigenvalue weighted by molar-refractivity contribution is 7.56. The maximum Gasteiger partial charge on any atom is 0.333 e. The van der Waals surface area contributed by atoms with E-state index in [9.17, 15) is 9.13 Å². The van der Waals surface area contributed by atoms with Crippen molar-refractivity contribution in [2.45, 2.75) is 5.66 Å². The lowest BCUT2D eigenvalue weighted by molar-refractivity contribution is 0.347. The predicted octanol–water partition coefficient (Wildman–Crippen LogP) is 0.478. The van der Waals surface area contributed by atoms with Gasteiger partial charge in [0.2, 0.25) is 0 Å². The van der Waals surface area contributed by atoms with E-state index in [2.05, 4.69) is 4.98 Å². The molecule has 0 fully saturated rings. The maximum absolute atomic E-state index is 11.1. The van der Waals surface area contributed by atoms with Crippen molar-refractivity contribution in [3.63, 3.8) is 0 Å². The second kappa shape index (κ2) is 4.75. The molecule has 0 bridgehead atoms. The van der Waals surface area contributed by atoms with Crippen LogP contribution in [0.2, 0.25) is 0 Å². The molecule has 0 aromatic carbocycles. The van der Waals surface area contributed by atoms with E-state index in [1.165, 1.54) is 24.5 Å². The molecule has 0 spiro atoms. The van der Waals surface area contributed by atoms with Gasteiger partial charge in [0.15, 0.2) is 0 Å². The third-order valence-corrected chi connectivity index (χ3v) is 4.31. The van der Waals surface area contributed by atoms with E-state index in [0.717, 1.165) is 0 Å². The van der Waals surface area contributed by atoms with Gasteiger partial charge in [-0.3, -0.25) is 14.1 Å². The van der Waals surface area contributed by atoms with Crippen LogP contribution in [0, 0.1) is 0 Å². The minimum atomic E-state index is -4.63. The van der Waals surface area contributed by atoms with E-state index in [-0.39, 0.29) is 5.56 Å². The minimum Gasteiger partial charge on any atom is -0.324 e. The summed E-state index contributed by atoms with van der Waals surface area (Å²) in [5.41, 5.74) is -1.42. The van der Waals surface area contributed by atoms with Gasteiger partial charge in [0.25, 0.3) is 0 Å². The Morgan fingerprint density at radius 3 is 2.25 bits per heavy atom. The number of hydrogen-bond donors (Lipinski definition) is 4. The normalized spacial score (nSPS) is 14.8. The molecule has 1 aromatic rings. The minimum absolute atomic E-state index is 0.110. The van der Waals surface area contributed by atoms with Gasteiger partial charge in [-0.05, 0) is 11.6 Å². The summed E-state index contributed by atoms with van der Waals surface area (Å²) in [5.74, 6) is 0. The average molecular weight is 267 g/mol. The van der Waals surface area contributed by atoms with Crippen LogP contribution in [0.1, 0.15) is 11.2 Å². The Balaban J connectivity index is 3.08. The predicted molar refractivity (Wildman–Crippen MR) is 55.9 cm³/mol. The van der Waals surface area contributed by atoms with Gasteiger partial charge in [0, 0.05) is 12.4 Å². The van der Waals surface area contributed by atoms with Gasteiger partial charge >= 0.3 is 15.2 Å². The van der Waals surface area contributed by atoms with Gasteiger partial charge < -0.3 is 19.6 Å². The van der Waals surface area contributed by atoms with E-state index in [4.69, 9.17) is 19.6 Å². The lowest BCUT2D eigenvalue weighted by atomic mass is 10.2. The largest absolute Gasteiger partial charge is 0.333 e. The number of rotatable bonds is 4. The van der Waals surface area contributed by atoms with Crippen LogP contribution in [0.15, 0.2) is 24.5 Å². The molecule has 90 valence electrons. The molecule has 0 radical (unpaired) electrons. The molecule has 7 nitrogen and oxygen atoms in total. The maximum atomic E-state index is 11.1. The second-order valence-electron chi connectivity index (χ2n) is 3.24. The van der Waals surface area contributed by atoms with Crippen molar-refractivity contribution >= 4 is 15.2 Å². The van der Waals surface area contributed by atoms with Crippen LogP contribution in [-0.4, -0.2) is 30.7 Å². The van der Waals surface area contributed by atoms with E-state index >= 15 is 0 Å². The molecule has 0 aliphatic heterocycles. The molecule has 0 aliphatic rings. The van der Waals surface area contributed by atoms with E-state index in [0.29, 0.717) is 0 Å². The van der Waals surface area contributed by atoms with Crippen LogP contribution in [0.4, 0.5) is 0 Å². The van der Waals surface area contributed by atoms with Crippen molar-refractivity contribution in [1.29, 1.82) is 0 Å². The first-order valence-corrected chi connectivity index (χ1v) is 7.68. The fraction of sp³-hybridized carbons (Fsp3) is 0.286. The SMILES string of the molecule is O=P(O)(O)CC(c1cccnc1)P(=O)(O)O. The van der Waals surface area contributed by atoms with Crippen LogP contribution in [-0.2, 0) is 9.13 Å². The molecule has 0 saturated carbocycles. The van der Waals surface area contributed by atoms with Crippen molar-refractivity contribution in [1.82, 2.24) is 4.98 Å². The molecule has 1 aromatic heterocycles. The Bertz CT molecular complexity index is 437. The molecule has 9 heteroatoms. The zero-order valence-electron chi connectivity index (χ0n) is 8.04. The summed E-state index contributed by atoms with van der Waals surface area (Å²) in [6, 6.07) is 2.81. The number of pyridine rings is 1. The third kappa shape index (κ3) is 4.14. The van der Waals surface area contributed by atoms with Crippen LogP contribution in [0.3, 0.4) is 0 Å². The quantitative estimate of drug-likeness (QED) is 0.584.